The number of hydrogen-bond donors (Lipinski definition) is 2. The van der Waals surface area contributed by atoms with Gasteiger partial charge in [0.15, 0.2) is 0 Å². The highest BCUT2D eigenvalue weighted by atomic mass is 35.5. The molecular formula is C28H26ClNO3. The summed E-state index contributed by atoms with van der Waals surface area (Å²) in [5, 5.41) is 14.2. The van der Waals surface area contributed by atoms with Crippen LogP contribution in [-0.2, 0) is 10.2 Å². The third kappa shape index (κ3) is 3.68. The van der Waals surface area contributed by atoms with Crippen molar-refractivity contribution in [1.29, 1.82) is 0 Å². The molecule has 2 aliphatic rings. The van der Waals surface area contributed by atoms with E-state index in [0.29, 0.717) is 17.9 Å². The standard InChI is InChI=1S/C28H26ClNO3/c1-33-23-10-4-7-19(16-23)25-17-20-6-2-3-11-24(20)27(25)12-14-28(15-13-27,26(31)32)30-22-9-5-8-21(29)18-22/h2-11,16-18,30H,12-15H2,1H3,(H,31,32). The number of methoxy groups -OCH3 is 1. The number of hydrogen-bond acceptors (Lipinski definition) is 3. The van der Waals surface area contributed by atoms with E-state index in [1.165, 1.54) is 16.7 Å². The minimum Gasteiger partial charge on any atom is -0.497 e. The Labute approximate surface area is 198 Å². The van der Waals surface area contributed by atoms with E-state index in [-0.39, 0.29) is 5.41 Å². The molecule has 0 bridgehead atoms. The summed E-state index contributed by atoms with van der Waals surface area (Å²) in [6.45, 7) is 0. The quantitative estimate of drug-likeness (QED) is 0.448. The van der Waals surface area contributed by atoms with Gasteiger partial charge in [0.1, 0.15) is 11.3 Å². The lowest BCUT2D eigenvalue weighted by atomic mass is 9.61. The Morgan fingerprint density at radius 1 is 0.970 bits per heavy atom. The normalized spacial score (nSPS) is 23.6. The average molecular weight is 460 g/mol. The average Bonchev–Trinajstić information content (AvgIpc) is 3.15. The van der Waals surface area contributed by atoms with E-state index in [9.17, 15) is 9.90 Å². The molecule has 5 rings (SSSR count). The van der Waals surface area contributed by atoms with Crippen LogP contribution in [0.2, 0.25) is 5.02 Å². The van der Waals surface area contributed by atoms with Gasteiger partial charge in [0, 0.05) is 16.1 Å². The number of carboxylic acids is 1. The molecule has 0 unspecified atom stereocenters. The third-order valence-corrected chi connectivity index (χ3v) is 7.48. The van der Waals surface area contributed by atoms with Gasteiger partial charge >= 0.3 is 5.97 Å². The van der Waals surface area contributed by atoms with E-state index in [1.807, 2.05) is 24.3 Å². The van der Waals surface area contributed by atoms with Crippen molar-refractivity contribution in [3.8, 4) is 5.75 Å². The minimum atomic E-state index is -1.03. The molecule has 3 aromatic rings. The maximum Gasteiger partial charge on any atom is 0.329 e. The Morgan fingerprint density at radius 2 is 1.73 bits per heavy atom. The van der Waals surface area contributed by atoms with Crippen LogP contribution in [0.4, 0.5) is 5.69 Å². The monoisotopic (exact) mass is 459 g/mol. The number of benzene rings is 3. The number of rotatable bonds is 5. The molecular weight excluding hydrogens is 434 g/mol. The molecule has 0 aromatic heterocycles. The van der Waals surface area contributed by atoms with Gasteiger partial charge in [-0.2, -0.15) is 0 Å². The Hall–Kier alpha value is -3.24. The van der Waals surface area contributed by atoms with Crippen molar-refractivity contribution in [1.82, 2.24) is 0 Å². The number of halogens is 1. The number of fused-ring (bicyclic) bond motifs is 2. The molecule has 1 saturated carbocycles. The highest BCUT2D eigenvalue weighted by Crippen LogP contribution is 2.56. The summed E-state index contributed by atoms with van der Waals surface area (Å²) in [6.07, 6.45) is 4.73. The summed E-state index contributed by atoms with van der Waals surface area (Å²) in [6, 6.07) is 23.9. The van der Waals surface area contributed by atoms with Crippen molar-refractivity contribution in [2.45, 2.75) is 36.6 Å². The zero-order chi connectivity index (χ0) is 23.1. The second-order valence-electron chi connectivity index (χ2n) is 8.98. The van der Waals surface area contributed by atoms with Crippen LogP contribution < -0.4 is 10.1 Å². The van der Waals surface area contributed by atoms with Gasteiger partial charge in [-0.15, -0.1) is 0 Å². The van der Waals surface area contributed by atoms with Crippen LogP contribution in [-0.4, -0.2) is 23.7 Å². The molecule has 0 radical (unpaired) electrons. The number of carbonyl (C=O) groups is 1. The van der Waals surface area contributed by atoms with Crippen molar-refractivity contribution in [2.24, 2.45) is 0 Å². The van der Waals surface area contributed by atoms with Crippen LogP contribution in [0.3, 0.4) is 0 Å². The van der Waals surface area contributed by atoms with Gasteiger partial charge in [-0.05, 0) is 84.4 Å². The lowest BCUT2D eigenvalue weighted by Crippen LogP contribution is -2.52. The van der Waals surface area contributed by atoms with Crippen molar-refractivity contribution < 1.29 is 14.6 Å². The Kier molecular flexibility index (Phi) is 5.41. The van der Waals surface area contributed by atoms with Gasteiger partial charge in [0.25, 0.3) is 0 Å². The van der Waals surface area contributed by atoms with Gasteiger partial charge < -0.3 is 15.2 Å². The number of allylic oxidation sites excluding steroid dienone is 1. The first-order chi connectivity index (χ1) is 16.0. The molecule has 2 aliphatic carbocycles. The predicted molar refractivity (Wildman–Crippen MR) is 133 cm³/mol. The van der Waals surface area contributed by atoms with Crippen LogP contribution in [0.25, 0.3) is 11.6 Å². The van der Waals surface area contributed by atoms with E-state index in [1.54, 1.807) is 19.2 Å². The summed E-state index contributed by atoms with van der Waals surface area (Å²) < 4.78 is 5.48. The van der Waals surface area contributed by atoms with Crippen molar-refractivity contribution >= 4 is 34.9 Å². The highest BCUT2D eigenvalue weighted by Gasteiger charge is 2.51. The van der Waals surface area contributed by atoms with Crippen LogP contribution in [0, 0.1) is 0 Å². The van der Waals surface area contributed by atoms with Gasteiger partial charge in [-0.25, -0.2) is 4.79 Å². The van der Waals surface area contributed by atoms with Crippen LogP contribution >= 0.6 is 11.6 Å². The molecule has 5 heteroatoms. The Balaban J connectivity index is 1.52. The van der Waals surface area contributed by atoms with E-state index >= 15 is 0 Å². The molecule has 0 aliphatic heterocycles. The zero-order valence-electron chi connectivity index (χ0n) is 18.5. The number of aliphatic carboxylic acids is 1. The number of anilines is 1. The molecule has 33 heavy (non-hydrogen) atoms. The summed E-state index contributed by atoms with van der Waals surface area (Å²) in [7, 11) is 1.68. The molecule has 168 valence electrons. The Bertz CT molecular complexity index is 1240. The molecule has 0 saturated heterocycles. The Morgan fingerprint density at radius 3 is 2.45 bits per heavy atom. The number of ether oxygens (including phenoxy) is 1. The van der Waals surface area contributed by atoms with Crippen LogP contribution in [0.1, 0.15) is 42.4 Å². The first kappa shape index (κ1) is 21.6. The third-order valence-electron chi connectivity index (χ3n) is 7.25. The summed E-state index contributed by atoms with van der Waals surface area (Å²) in [5.74, 6) is -0.00617. The summed E-state index contributed by atoms with van der Waals surface area (Å²) in [5.41, 5.74) is 4.33. The molecule has 3 aromatic carbocycles. The molecule has 0 amide bonds. The summed E-state index contributed by atoms with van der Waals surface area (Å²) >= 11 is 6.15. The smallest absolute Gasteiger partial charge is 0.329 e. The molecule has 0 atom stereocenters. The maximum absolute atomic E-state index is 12.5. The number of carboxylic acid groups (broad SMARTS) is 1. The van der Waals surface area contributed by atoms with Crippen LogP contribution in [0.5, 0.6) is 5.75 Å². The lowest BCUT2D eigenvalue weighted by molar-refractivity contribution is -0.143. The minimum absolute atomic E-state index is 0.224. The van der Waals surface area contributed by atoms with Crippen molar-refractivity contribution in [2.75, 3.05) is 12.4 Å². The van der Waals surface area contributed by atoms with Gasteiger partial charge in [-0.3, -0.25) is 0 Å². The van der Waals surface area contributed by atoms with E-state index in [2.05, 4.69) is 47.8 Å². The second kappa shape index (κ2) is 8.27. The highest BCUT2D eigenvalue weighted by molar-refractivity contribution is 6.30. The zero-order valence-corrected chi connectivity index (χ0v) is 19.2. The van der Waals surface area contributed by atoms with Crippen molar-refractivity contribution in [3.05, 3.63) is 94.5 Å². The van der Waals surface area contributed by atoms with Crippen LogP contribution in [0.15, 0.2) is 72.8 Å². The molecule has 0 heterocycles. The fourth-order valence-corrected chi connectivity index (χ4v) is 5.72. The van der Waals surface area contributed by atoms with E-state index < -0.39 is 11.5 Å². The molecule has 4 nitrogen and oxygen atoms in total. The van der Waals surface area contributed by atoms with Gasteiger partial charge in [0.2, 0.25) is 0 Å². The SMILES string of the molecule is COc1cccc(C2=Cc3ccccc3C23CCC(Nc2cccc(Cl)c2)(C(=O)O)CC3)c1. The second-order valence-corrected chi connectivity index (χ2v) is 9.42. The van der Waals surface area contributed by atoms with Gasteiger partial charge in [0.05, 0.1) is 7.11 Å². The molecule has 1 fully saturated rings. The summed E-state index contributed by atoms with van der Waals surface area (Å²) in [4.78, 5) is 12.5. The first-order valence-electron chi connectivity index (χ1n) is 11.2. The lowest BCUT2D eigenvalue weighted by Gasteiger charge is -2.45. The predicted octanol–water partition coefficient (Wildman–Crippen LogP) is 6.65. The molecule has 2 N–H and O–H groups in total. The van der Waals surface area contributed by atoms with Crippen molar-refractivity contribution in [3.63, 3.8) is 0 Å². The fraction of sp³-hybridized carbons (Fsp3) is 0.250. The molecule has 1 spiro atoms. The maximum atomic E-state index is 12.5. The van der Waals surface area contributed by atoms with E-state index in [4.69, 9.17) is 16.3 Å². The fourth-order valence-electron chi connectivity index (χ4n) is 5.52. The largest absolute Gasteiger partial charge is 0.497 e. The number of nitrogens with one attached hydrogen (secondary N) is 1. The first-order valence-corrected chi connectivity index (χ1v) is 11.6. The topological polar surface area (TPSA) is 58.6 Å². The van der Waals surface area contributed by atoms with E-state index in [0.717, 1.165) is 29.8 Å². The van der Waals surface area contributed by atoms with Gasteiger partial charge in [-0.1, -0.05) is 54.1 Å².